The third kappa shape index (κ3) is 3.14. The van der Waals surface area contributed by atoms with Crippen LogP contribution in [-0.4, -0.2) is 21.1 Å². The van der Waals surface area contributed by atoms with Crippen LogP contribution in [-0.2, 0) is 10.0 Å². The molecule has 0 aromatic heterocycles. The lowest BCUT2D eigenvalue weighted by Crippen LogP contribution is -2.41. The number of hydrogen-bond donors (Lipinski definition) is 2. The Kier molecular flexibility index (Phi) is 4.08. The minimum atomic E-state index is -4.48. The van der Waals surface area contributed by atoms with Crippen molar-refractivity contribution in [3.05, 3.63) is 53.6 Å². The zero-order chi connectivity index (χ0) is 17.3. The Bertz CT molecular complexity index is 917. The fourth-order valence-electron chi connectivity index (χ4n) is 1.96. The van der Waals surface area contributed by atoms with Gasteiger partial charge in [0.25, 0.3) is 15.9 Å². The molecule has 0 radical (unpaired) electrons. The molecule has 10 heteroatoms. The highest BCUT2D eigenvalue weighted by atomic mass is 32.2. The highest BCUT2D eigenvalue weighted by Crippen LogP contribution is 2.32. The van der Waals surface area contributed by atoms with Gasteiger partial charge in [0.1, 0.15) is 16.5 Å². The van der Waals surface area contributed by atoms with E-state index >= 15 is 0 Å². The monoisotopic (exact) mass is 356 g/mol. The number of hydrogen-bond acceptors (Lipinski definition) is 5. The smallest absolute Gasteiger partial charge is 0.266 e. The molecule has 7 nitrogen and oxygen atoms in total. The number of amides is 1. The SMILES string of the molecule is O=C(NNS(=O)(=O)c1cc(F)ccc1F)c1ccc2c(c1)OCO2. The molecule has 24 heavy (non-hydrogen) atoms. The first-order chi connectivity index (χ1) is 11.4. The van der Waals surface area contributed by atoms with Gasteiger partial charge in [0.2, 0.25) is 6.79 Å². The Balaban J connectivity index is 1.75. The van der Waals surface area contributed by atoms with Gasteiger partial charge >= 0.3 is 0 Å². The van der Waals surface area contributed by atoms with E-state index in [4.69, 9.17) is 9.47 Å². The van der Waals surface area contributed by atoms with Crippen molar-refractivity contribution < 1.29 is 31.5 Å². The highest BCUT2D eigenvalue weighted by Gasteiger charge is 2.22. The molecule has 2 N–H and O–H groups in total. The second kappa shape index (κ2) is 6.06. The molecule has 0 unspecified atom stereocenters. The zero-order valence-electron chi connectivity index (χ0n) is 11.9. The van der Waals surface area contributed by atoms with E-state index in [0.717, 1.165) is 6.07 Å². The Morgan fingerprint density at radius 1 is 1.04 bits per heavy atom. The molecule has 2 aromatic rings. The summed E-state index contributed by atoms with van der Waals surface area (Å²) in [5, 5.41) is 0. The van der Waals surface area contributed by atoms with E-state index < -0.39 is 32.5 Å². The maximum atomic E-state index is 13.5. The van der Waals surface area contributed by atoms with E-state index in [0.29, 0.717) is 23.6 Å². The number of rotatable bonds is 4. The highest BCUT2D eigenvalue weighted by molar-refractivity contribution is 7.89. The number of carbonyl (C=O) groups is 1. The molecular weight excluding hydrogens is 346 g/mol. The molecule has 1 heterocycles. The fraction of sp³-hybridized carbons (Fsp3) is 0.0714. The van der Waals surface area contributed by atoms with Gasteiger partial charge in [-0.15, -0.1) is 4.83 Å². The van der Waals surface area contributed by atoms with E-state index in [1.165, 1.54) is 18.2 Å². The minimum Gasteiger partial charge on any atom is -0.454 e. The van der Waals surface area contributed by atoms with Crippen molar-refractivity contribution in [2.45, 2.75) is 4.90 Å². The van der Waals surface area contributed by atoms with Crippen LogP contribution in [0.4, 0.5) is 8.78 Å². The molecule has 1 aliphatic rings. The largest absolute Gasteiger partial charge is 0.454 e. The molecule has 1 aliphatic heterocycles. The lowest BCUT2D eigenvalue weighted by atomic mass is 10.2. The summed E-state index contributed by atoms with van der Waals surface area (Å²) in [5.41, 5.74) is 2.00. The third-order valence-electron chi connectivity index (χ3n) is 3.12. The maximum absolute atomic E-state index is 13.5. The first kappa shape index (κ1) is 16.1. The molecule has 0 fully saturated rings. The first-order valence-corrected chi connectivity index (χ1v) is 8.02. The molecule has 1 amide bonds. The molecule has 0 bridgehead atoms. The molecule has 2 aromatic carbocycles. The van der Waals surface area contributed by atoms with Crippen molar-refractivity contribution in [3.8, 4) is 11.5 Å². The Hall–Kier alpha value is -2.72. The van der Waals surface area contributed by atoms with Crippen molar-refractivity contribution in [3.63, 3.8) is 0 Å². The van der Waals surface area contributed by atoms with Crippen LogP contribution < -0.4 is 19.7 Å². The third-order valence-corrected chi connectivity index (χ3v) is 4.38. The summed E-state index contributed by atoms with van der Waals surface area (Å²) >= 11 is 0. The quantitative estimate of drug-likeness (QED) is 0.806. The van der Waals surface area contributed by atoms with E-state index in [2.05, 4.69) is 0 Å². The van der Waals surface area contributed by atoms with Gasteiger partial charge in [-0.3, -0.25) is 10.2 Å². The summed E-state index contributed by atoms with van der Waals surface area (Å²) < 4.78 is 60.7. The van der Waals surface area contributed by atoms with Crippen LogP contribution in [0.25, 0.3) is 0 Å². The van der Waals surface area contributed by atoms with Gasteiger partial charge < -0.3 is 9.47 Å². The van der Waals surface area contributed by atoms with Crippen molar-refractivity contribution in [2.75, 3.05) is 6.79 Å². The maximum Gasteiger partial charge on any atom is 0.266 e. The van der Waals surface area contributed by atoms with E-state index in [1.807, 2.05) is 5.43 Å². The van der Waals surface area contributed by atoms with Crippen molar-refractivity contribution in [2.24, 2.45) is 0 Å². The zero-order valence-corrected chi connectivity index (χ0v) is 12.7. The standard InChI is InChI=1S/C14H10F2N2O5S/c15-9-2-3-10(16)13(6-9)24(20,21)18-17-14(19)8-1-4-11-12(5-8)23-7-22-11/h1-6,18H,7H2,(H,17,19). The minimum absolute atomic E-state index is 0.0197. The van der Waals surface area contributed by atoms with Crippen molar-refractivity contribution in [1.29, 1.82) is 0 Å². The molecule has 0 atom stereocenters. The van der Waals surface area contributed by atoms with Crippen LogP contribution in [0.5, 0.6) is 11.5 Å². The topological polar surface area (TPSA) is 93.7 Å². The fourth-order valence-corrected chi connectivity index (χ4v) is 2.89. The lowest BCUT2D eigenvalue weighted by Gasteiger charge is -2.09. The average molecular weight is 356 g/mol. The van der Waals surface area contributed by atoms with Crippen LogP contribution >= 0.6 is 0 Å². The number of sulfonamides is 1. The van der Waals surface area contributed by atoms with E-state index in [9.17, 15) is 22.0 Å². The Morgan fingerprint density at radius 3 is 2.58 bits per heavy atom. The van der Waals surface area contributed by atoms with Crippen molar-refractivity contribution in [1.82, 2.24) is 10.3 Å². The molecule has 126 valence electrons. The summed E-state index contributed by atoms with van der Waals surface area (Å²) in [6.07, 6.45) is 0. The molecule has 0 saturated heterocycles. The normalized spacial score (nSPS) is 12.9. The summed E-state index contributed by atoms with van der Waals surface area (Å²) in [4.78, 5) is 12.8. The number of carbonyl (C=O) groups excluding carboxylic acids is 1. The summed E-state index contributed by atoms with van der Waals surface area (Å²) in [6.45, 7) is 0.0197. The summed E-state index contributed by atoms with van der Waals surface area (Å²) in [7, 11) is -4.48. The van der Waals surface area contributed by atoms with Gasteiger partial charge in [0.15, 0.2) is 11.5 Å². The van der Waals surface area contributed by atoms with Crippen LogP contribution in [0, 0.1) is 11.6 Å². The number of benzene rings is 2. The number of hydrazine groups is 1. The second-order valence-corrected chi connectivity index (χ2v) is 6.35. The first-order valence-electron chi connectivity index (χ1n) is 6.54. The van der Waals surface area contributed by atoms with Gasteiger partial charge in [-0.1, -0.05) is 0 Å². The predicted molar refractivity (Wildman–Crippen MR) is 76.7 cm³/mol. The summed E-state index contributed by atoms with van der Waals surface area (Å²) in [5.74, 6) is -2.11. The average Bonchev–Trinajstić information content (AvgIpc) is 3.02. The molecule has 0 spiro atoms. The van der Waals surface area contributed by atoms with Crippen LogP contribution in [0.2, 0.25) is 0 Å². The number of nitrogens with one attached hydrogen (secondary N) is 2. The molecule has 3 rings (SSSR count). The Labute approximate surface area is 135 Å². The number of fused-ring (bicyclic) bond motifs is 1. The van der Waals surface area contributed by atoms with Gasteiger partial charge in [-0.05, 0) is 36.4 Å². The predicted octanol–water partition coefficient (Wildman–Crippen LogP) is 1.32. The Morgan fingerprint density at radius 2 is 1.79 bits per heavy atom. The number of ether oxygens (including phenoxy) is 2. The van der Waals surface area contributed by atoms with Crippen molar-refractivity contribution >= 4 is 15.9 Å². The van der Waals surface area contributed by atoms with Crippen LogP contribution in [0.15, 0.2) is 41.3 Å². The second-order valence-electron chi connectivity index (χ2n) is 4.70. The summed E-state index contributed by atoms with van der Waals surface area (Å²) in [6, 6.07) is 6.18. The van der Waals surface area contributed by atoms with Crippen LogP contribution in [0.3, 0.4) is 0 Å². The van der Waals surface area contributed by atoms with Gasteiger partial charge in [0.05, 0.1) is 0 Å². The molecule has 0 aliphatic carbocycles. The molecule has 0 saturated carbocycles. The van der Waals surface area contributed by atoms with E-state index in [1.54, 1.807) is 4.83 Å². The van der Waals surface area contributed by atoms with Gasteiger partial charge in [0, 0.05) is 5.56 Å². The lowest BCUT2D eigenvalue weighted by molar-refractivity contribution is 0.0944. The van der Waals surface area contributed by atoms with E-state index in [-0.39, 0.29) is 12.4 Å². The van der Waals surface area contributed by atoms with Crippen LogP contribution in [0.1, 0.15) is 10.4 Å². The number of halogens is 2. The molecular formula is C14H10F2N2O5S. The van der Waals surface area contributed by atoms with Gasteiger partial charge in [-0.25, -0.2) is 17.2 Å². The van der Waals surface area contributed by atoms with Gasteiger partial charge in [-0.2, -0.15) is 0 Å².